The molecule has 1 amide bonds. The van der Waals surface area contributed by atoms with Crippen LogP contribution in [0.15, 0.2) is 0 Å². The molecule has 2 heterocycles. The highest BCUT2D eigenvalue weighted by molar-refractivity contribution is 5.73. The zero-order valence-electron chi connectivity index (χ0n) is 18.5. The molecule has 0 radical (unpaired) electrons. The van der Waals surface area contributed by atoms with Crippen molar-refractivity contribution < 1.29 is 54.1 Å². The van der Waals surface area contributed by atoms with Gasteiger partial charge in [0.05, 0.1) is 44.7 Å². The Morgan fingerprint density at radius 1 is 0.938 bits per heavy atom. The number of carboxylic acids is 1. The number of hydrogen-bond acceptors (Lipinski definition) is 10. The second kappa shape index (κ2) is 12.2. The summed E-state index contributed by atoms with van der Waals surface area (Å²) in [7, 11) is 1.45. The zero-order valence-corrected chi connectivity index (χ0v) is 18.5. The number of aliphatic hydroxyl groups is 4. The van der Waals surface area contributed by atoms with Crippen molar-refractivity contribution in [2.45, 2.75) is 69.0 Å². The number of aliphatic carboxylic acids is 1. The van der Waals surface area contributed by atoms with Crippen LogP contribution in [0, 0.1) is 11.8 Å². The monoisotopic (exact) mass is 465 g/mol. The van der Waals surface area contributed by atoms with Gasteiger partial charge in [0, 0.05) is 25.9 Å². The second-order valence-electron chi connectivity index (χ2n) is 8.26. The molecule has 2 aliphatic rings. The van der Waals surface area contributed by atoms with E-state index in [4.69, 9.17) is 18.9 Å². The molecule has 2 rings (SSSR count). The Morgan fingerprint density at radius 3 is 2.16 bits per heavy atom. The molecule has 0 aromatic carbocycles. The van der Waals surface area contributed by atoms with E-state index in [1.807, 2.05) is 0 Å². The Labute approximate surface area is 186 Å². The van der Waals surface area contributed by atoms with Gasteiger partial charge >= 0.3 is 5.97 Å². The summed E-state index contributed by atoms with van der Waals surface area (Å²) in [4.78, 5) is 23.2. The standard InChI is InChI=1S/C20H35NO11/c1-4-10-17(25)18(26)14(32-19(10)20(27)28)8-30-6-11-15(21-9(2)23)13(7-29-3)31-12(5-22)16(11)24/h10-19,22,24-26H,4-8H2,1-3H3,(H,21,23)(H,27,28)/t10-,11-,12?,13+,14+,15?,16-,17+,18?,19?/m1/s1. The molecule has 12 nitrogen and oxygen atoms in total. The predicted octanol–water partition coefficient (Wildman–Crippen LogP) is -2.51. The van der Waals surface area contributed by atoms with Gasteiger partial charge in [0.2, 0.25) is 5.91 Å². The number of hydrogen-bond donors (Lipinski definition) is 6. The molecule has 4 unspecified atom stereocenters. The third-order valence-corrected chi connectivity index (χ3v) is 6.10. The summed E-state index contributed by atoms with van der Waals surface area (Å²) in [5.74, 6) is -3.07. The van der Waals surface area contributed by atoms with E-state index in [1.165, 1.54) is 14.0 Å². The maximum absolute atomic E-state index is 11.7. The van der Waals surface area contributed by atoms with Crippen LogP contribution in [0.3, 0.4) is 0 Å². The van der Waals surface area contributed by atoms with Crippen LogP contribution in [0.4, 0.5) is 0 Å². The Morgan fingerprint density at radius 2 is 1.62 bits per heavy atom. The molecule has 0 aromatic rings. The molecule has 32 heavy (non-hydrogen) atoms. The third-order valence-electron chi connectivity index (χ3n) is 6.10. The summed E-state index contributed by atoms with van der Waals surface area (Å²) in [5.41, 5.74) is 0. The van der Waals surface area contributed by atoms with Gasteiger partial charge in [-0.1, -0.05) is 6.92 Å². The van der Waals surface area contributed by atoms with E-state index in [1.54, 1.807) is 6.92 Å². The van der Waals surface area contributed by atoms with Crippen LogP contribution < -0.4 is 5.32 Å². The fourth-order valence-electron chi connectivity index (χ4n) is 4.43. The number of rotatable bonds is 10. The fraction of sp³-hybridized carbons (Fsp3) is 0.900. The summed E-state index contributed by atoms with van der Waals surface area (Å²) in [5, 5.41) is 53.0. The molecule has 186 valence electrons. The molecule has 0 spiro atoms. The van der Waals surface area contributed by atoms with E-state index < -0.39 is 73.2 Å². The SMILES string of the molecule is CC[C@H]1C(C(=O)O)O[C@@H](COC[C@@H]2C(NC(C)=O)[C@H](COC)OC(CO)[C@@H]2O)C(O)[C@H]1O. The molecular formula is C20H35NO11. The first-order valence-electron chi connectivity index (χ1n) is 10.7. The molecule has 2 fully saturated rings. The molecule has 2 saturated heterocycles. The second-order valence-corrected chi connectivity index (χ2v) is 8.26. The van der Waals surface area contributed by atoms with Crippen molar-refractivity contribution in [1.82, 2.24) is 5.32 Å². The van der Waals surface area contributed by atoms with Gasteiger partial charge in [-0.15, -0.1) is 0 Å². The van der Waals surface area contributed by atoms with Gasteiger partial charge in [-0.05, 0) is 6.42 Å². The average Bonchev–Trinajstić information content (AvgIpc) is 2.74. The van der Waals surface area contributed by atoms with Crippen molar-refractivity contribution in [3.05, 3.63) is 0 Å². The summed E-state index contributed by atoms with van der Waals surface area (Å²) in [6.07, 6.45) is -7.50. The number of methoxy groups -OCH3 is 1. The smallest absolute Gasteiger partial charge is 0.333 e. The van der Waals surface area contributed by atoms with Crippen molar-refractivity contribution in [3.63, 3.8) is 0 Å². The van der Waals surface area contributed by atoms with Crippen LogP contribution in [0.25, 0.3) is 0 Å². The molecular weight excluding hydrogens is 430 g/mol. The number of ether oxygens (including phenoxy) is 4. The highest BCUT2D eigenvalue weighted by Crippen LogP contribution is 2.30. The number of carbonyl (C=O) groups is 2. The Balaban J connectivity index is 2.09. The van der Waals surface area contributed by atoms with E-state index in [0.717, 1.165) is 0 Å². The Kier molecular flexibility index (Phi) is 10.2. The minimum atomic E-state index is -1.35. The molecule has 10 atom stereocenters. The first-order chi connectivity index (χ1) is 15.2. The lowest BCUT2D eigenvalue weighted by Gasteiger charge is -2.45. The number of carbonyl (C=O) groups excluding carboxylic acids is 1. The van der Waals surface area contributed by atoms with Crippen LogP contribution in [-0.4, -0.2) is 120 Å². The van der Waals surface area contributed by atoms with Gasteiger partial charge in [0.15, 0.2) is 6.10 Å². The first-order valence-corrected chi connectivity index (χ1v) is 10.7. The van der Waals surface area contributed by atoms with E-state index >= 15 is 0 Å². The normalized spacial score (nSPS) is 40.1. The fourth-order valence-corrected chi connectivity index (χ4v) is 4.43. The van der Waals surface area contributed by atoms with Crippen LogP contribution in [0.5, 0.6) is 0 Å². The maximum atomic E-state index is 11.7. The number of aliphatic hydroxyl groups excluding tert-OH is 4. The lowest BCUT2D eigenvalue weighted by atomic mass is 9.84. The molecule has 6 N–H and O–H groups in total. The summed E-state index contributed by atoms with van der Waals surface area (Å²) in [6, 6.07) is -0.690. The number of carboxylic acid groups (broad SMARTS) is 1. The third kappa shape index (κ3) is 6.14. The average molecular weight is 465 g/mol. The quantitative estimate of drug-likeness (QED) is 0.200. The zero-order chi connectivity index (χ0) is 24.0. The lowest BCUT2D eigenvalue weighted by Crippen LogP contribution is -2.63. The Bertz CT molecular complexity index is 620. The first kappa shape index (κ1) is 26.9. The van der Waals surface area contributed by atoms with Gasteiger partial charge in [-0.25, -0.2) is 4.79 Å². The van der Waals surface area contributed by atoms with Crippen LogP contribution in [-0.2, 0) is 28.5 Å². The van der Waals surface area contributed by atoms with Gasteiger partial charge in [-0.2, -0.15) is 0 Å². The van der Waals surface area contributed by atoms with E-state index in [2.05, 4.69) is 5.32 Å². The largest absolute Gasteiger partial charge is 0.479 e. The topological polar surface area (TPSA) is 184 Å². The summed E-state index contributed by atoms with van der Waals surface area (Å²) >= 11 is 0. The minimum Gasteiger partial charge on any atom is -0.479 e. The van der Waals surface area contributed by atoms with Crippen molar-refractivity contribution in [2.75, 3.05) is 33.5 Å². The highest BCUT2D eigenvalue weighted by atomic mass is 16.6. The van der Waals surface area contributed by atoms with Crippen molar-refractivity contribution in [2.24, 2.45) is 11.8 Å². The van der Waals surface area contributed by atoms with E-state index in [-0.39, 0.29) is 25.7 Å². The number of amides is 1. The van der Waals surface area contributed by atoms with Gasteiger partial charge in [0.25, 0.3) is 0 Å². The maximum Gasteiger partial charge on any atom is 0.333 e. The van der Waals surface area contributed by atoms with Gasteiger partial charge in [0.1, 0.15) is 24.4 Å². The van der Waals surface area contributed by atoms with E-state index in [0.29, 0.717) is 6.42 Å². The molecule has 0 aromatic heterocycles. The van der Waals surface area contributed by atoms with Crippen LogP contribution in [0.1, 0.15) is 20.3 Å². The van der Waals surface area contributed by atoms with Crippen LogP contribution >= 0.6 is 0 Å². The highest BCUT2D eigenvalue weighted by Gasteiger charge is 2.48. The van der Waals surface area contributed by atoms with Crippen molar-refractivity contribution in [3.8, 4) is 0 Å². The lowest BCUT2D eigenvalue weighted by molar-refractivity contribution is -0.226. The van der Waals surface area contributed by atoms with Gasteiger partial charge < -0.3 is 49.8 Å². The molecule has 0 aliphatic carbocycles. The number of nitrogens with one attached hydrogen (secondary N) is 1. The van der Waals surface area contributed by atoms with Crippen LogP contribution in [0.2, 0.25) is 0 Å². The summed E-state index contributed by atoms with van der Waals surface area (Å²) in [6.45, 7) is 2.27. The predicted molar refractivity (Wildman–Crippen MR) is 108 cm³/mol. The molecule has 2 aliphatic heterocycles. The summed E-state index contributed by atoms with van der Waals surface area (Å²) < 4.78 is 21.9. The van der Waals surface area contributed by atoms with Crippen molar-refractivity contribution >= 4 is 11.9 Å². The minimum absolute atomic E-state index is 0.0972. The van der Waals surface area contributed by atoms with E-state index in [9.17, 15) is 35.1 Å². The molecule has 12 heteroatoms. The Hall–Kier alpha value is -1.38. The molecule has 0 saturated carbocycles. The van der Waals surface area contributed by atoms with Gasteiger partial charge in [-0.3, -0.25) is 4.79 Å². The van der Waals surface area contributed by atoms with Crippen molar-refractivity contribution in [1.29, 1.82) is 0 Å². The molecule has 0 bridgehead atoms.